The fourth-order valence-electron chi connectivity index (χ4n) is 3.07. The summed E-state index contributed by atoms with van der Waals surface area (Å²) in [5.74, 6) is 6.49. The summed E-state index contributed by atoms with van der Waals surface area (Å²) in [6.45, 7) is 5.46. The number of benzene rings is 2. The van der Waals surface area contributed by atoms with Gasteiger partial charge in [-0.1, -0.05) is 24.1 Å². The third-order valence-corrected chi connectivity index (χ3v) is 4.33. The van der Waals surface area contributed by atoms with E-state index in [2.05, 4.69) is 29.0 Å². The van der Waals surface area contributed by atoms with Gasteiger partial charge in [-0.15, -0.1) is 5.92 Å². The summed E-state index contributed by atoms with van der Waals surface area (Å²) in [7, 11) is 1.82. The maximum absolute atomic E-state index is 12.9. The molecule has 0 unspecified atom stereocenters. The first-order valence-corrected chi connectivity index (χ1v) is 8.69. The number of hydrogen-bond donors (Lipinski definition) is 0. The molecule has 2 aromatic carbocycles. The lowest BCUT2D eigenvalue weighted by molar-refractivity contribution is 0.0784. The lowest BCUT2D eigenvalue weighted by Gasteiger charge is -2.20. The van der Waals surface area contributed by atoms with E-state index in [1.165, 1.54) is 5.56 Å². The highest BCUT2D eigenvalue weighted by atomic mass is 16.5. The summed E-state index contributed by atoms with van der Waals surface area (Å²) in [6.07, 6.45) is 1.89. The maximum atomic E-state index is 12.9. The van der Waals surface area contributed by atoms with Crippen molar-refractivity contribution in [2.75, 3.05) is 13.7 Å². The molecule has 0 saturated heterocycles. The lowest BCUT2D eigenvalue weighted by atomic mass is 10.0. The van der Waals surface area contributed by atoms with Gasteiger partial charge in [-0.25, -0.2) is 0 Å². The quantitative estimate of drug-likeness (QED) is 0.775. The zero-order valence-corrected chi connectivity index (χ0v) is 15.4. The number of hydrogen-bond acceptors (Lipinski definition) is 3. The van der Waals surface area contributed by atoms with Crippen LogP contribution in [0.25, 0.3) is 0 Å². The van der Waals surface area contributed by atoms with Crippen molar-refractivity contribution in [3.8, 4) is 17.6 Å². The minimum atomic E-state index is -0.0431. The average molecular weight is 346 g/mol. The average Bonchev–Trinajstić information content (AvgIpc) is 3.13. The van der Waals surface area contributed by atoms with Crippen molar-refractivity contribution in [2.45, 2.75) is 26.9 Å². The molecule has 0 radical (unpaired) electrons. The molecule has 0 aromatic heterocycles. The Kier molecular flexibility index (Phi) is 5.38. The van der Waals surface area contributed by atoms with E-state index in [1.807, 2.05) is 32.3 Å². The SMILES string of the molecule is CC#Cc1ccc(C(=O)N(C)Cc2cccc3c2CN=C3)cc1OCC. The summed E-state index contributed by atoms with van der Waals surface area (Å²) in [4.78, 5) is 18.9. The number of amides is 1. The van der Waals surface area contributed by atoms with Crippen molar-refractivity contribution in [3.63, 3.8) is 0 Å². The number of fused-ring (bicyclic) bond motifs is 1. The first-order valence-electron chi connectivity index (χ1n) is 8.69. The molecule has 4 heteroatoms. The molecule has 1 heterocycles. The third kappa shape index (κ3) is 3.62. The Balaban J connectivity index is 1.81. The normalized spacial score (nSPS) is 11.5. The van der Waals surface area contributed by atoms with Gasteiger partial charge in [0.1, 0.15) is 5.75 Å². The minimum absolute atomic E-state index is 0.0431. The molecule has 3 rings (SSSR count). The molecule has 0 spiro atoms. The number of carbonyl (C=O) groups excluding carboxylic acids is 1. The van der Waals surface area contributed by atoms with Crippen molar-refractivity contribution in [3.05, 3.63) is 64.2 Å². The summed E-state index contributed by atoms with van der Waals surface area (Å²) in [5, 5.41) is 0. The van der Waals surface area contributed by atoms with Crippen LogP contribution in [0, 0.1) is 11.8 Å². The monoisotopic (exact) mass is 346 g/mol. The highest BCUT2D eigenvalue weighted by Gasteiger charge is 2.17. The standard InChI is InChI=1S/C22H22N2O2/c1-4-7-16-10-11-17(12-21(16)26-5-2)22(25)24(3)15-19-9-6-8-18-13-23-14-20(18)19/h6,8-13H,5,14-15H2,1-3H3. The highest BCUT2D eigenvalue weighted by Crippen LogP contribution is 2.23. The number of carbonyl (C=O) groups is 1. The van der Waals surface area contributed by atoms with Crippen LogP contribution in [-0.4, -0.2) is 30.7 Å². The smallest absolute Gasteiger partial charge is 0.254 e. The van der Waals surface area contributed by atoms with Gasteiger partial charge in [-0.3, -0.25) is 9.79 Å². The summed E-state index contributed by atoms with van der Waals surface area (Å²) in [6, 6.07) is 11.5. The Morgan fingerprint density at radius 3 is 2.92 bits per heavy atom. The van der Waals surface area contributed by atoms with Crippen molar-refractivity contribution < 1.29 is 9.53 Å². The number of nitrogens with zero attached hydrogens (tertiary/aromatic N) is 2. The van der Waals surface area contributed by atoms with E-state index >= 15 is 0 Å². The maximum Gasteiger partial charge on any atom is 0.254 e. The Labute approximate surface area is 154 Å². The van der Waals surface area contributed by atoms with Gasteiger partial charge in [0.05, 0.1) is 18.7 Å². The minimum Gasteiger partial charge on any atom is -0.493 e. The number of rotatable bonds is 5. The van der Waals surface area contributed by atoms with Crippen LogP contribution in [0.3, 0.4) is 0 Å². The van der Waals surface area contributed by atoms with Gasteiger partial charge >= 0.3 is 0 Å². The zero-order valence-electron chi connectivity index (χ0n) is 15.4. The van der Waals surface area contributed by atoms with Crippen LogP contribution in [0.1, 0.15) is 46.5 Å². The second kappa shape index (κ2) is 7.88. The van der Waals surface area contributed by atoms with Gasteiger partial charge in [0.25, 0.3) is 5.91 Å². The molecule has 0 saturated carbocycles. The Bertz CT molecular complexity index is 919. The Hall–Kier alpha value is -3.06. The zero-order chi connectivity index (χ0) is 18.5. The molecule has 0 aliphatic carbocycles. The van der Waals surface area contributed by atoms with Crippen molar-refractivity contribution in [2.24, 2.45) is 4.99 Å². The van der Waals surface area contributed by atoms with Crippen molar-refractivity contribution >= 4 is 12.1 Å². The predicted octanol–water partition coefficient (Wildman–Crippen LogP) is 3.66. The van der Waals surface area contributed by atoms with Crippen LogP contribution in [0.15, 0.2) is 41.4 Å². The third-order valence-electron chi connectivity index (χ3n) is 4.33. The van der Waals surface area contributed by atoms with Gasteiger partial charge in [0.2, 0.25) is 0 Å². The van der Waals surface area contributed by atoms with Gasteiger partial charge in [0.15, 0.2) is 0 Å². The summed E-state index contributed by atoms with van der Waals surface area (Å²) < 4.78 is 5.65. The molecule has 0 N–H and O–H groups in total. The molecule has 0 atom stereocenters. The molecular formula is C22H22N2O2. The van der Waals surface area contributed by atoms with E-state index in [9.17, 15) is 4.79 Å². The molecule has 1 amide bonds. The molecule has 0 fully saturated rings. The Morgan fingerprint density at radius 1 is 1.31 bits per heavy atom. The van der Waals surface area contributed by atoms with Crippen LogP contribution in [-0.2, 0) is 13.1 Å². The summed E-state index contributed by atoms with van der Waals surface area (Å²) >= 11 is 0. The molecule has 26 heavy (non-hydrogen) atoms. The largest absolute Gasteiger partial charge is 0.493 e. The van der Waals surface area contributed by atoms with Gasteiger partial charge < -0.3 is 9.64 Å². The topological polar surface area (TPSA) is 41.9 Å². The van der Waals surface area contributed by atoms with Crippen LogP contribution >= 0.6 is 0 Å². The van der Waals surface area contributed by atoms with Crippen LogP contribution in [0.5, 0.6) is 5.75 Å². The second-order valence-electron chi connectivity index (χ2n) is 6.13. The molecule has 0 bridgehead atoms. The molecule has 1 aliphatic rings. The van der Waals surface area contributed by atoms with Crippen LogP contribution < -0.4 is 4.74 Å². The van der Waals surface area contributed by atoms with E-state index in [1.54, 1.807) is 24.0 Å². The van der Waals surface area contributed by atoms with Crippen LogP contribution in [0.2, 0.25) is 0 Å². The number of ether oxygens (including phenoxy) is 1. The first-order chi connectivity index (χ1) is 12.6. The van der Waals surface area contributed by atoms with Crippen molar-refractivity contribution in [1.82, 2.24) is 4.90 Å². The van der Waals surface area contributed by atoms with Crippen LogP contribution in [0.4, 0.5) is 0 Å². The van der Waals surface area contributed by atoms with Crippen molar-refractivity contribution in [1.29, 1.82) is 0 Å². The molecule has 4 nitrogen and oxygen atoms in total. The molecule has 132 valence electrons. The molecule has 1 aliphatic heterocycles. The van der Waals surface area contributed by atoms with E-state index in [-0.39, 0.29) is 5.91 Å². The fourth-order valence-corrected chi connectivity index (χ4v) is 3.07. The molecular weight excluding hydrogens is 324 g/mol. The fraction of sp³-hybridized carbons (Fsp3) is 0.273. The van der Waals surface area contributed by atoms with E-state index < -0.39 is 0 Å². The molecule has 2 aromatic rings. The number of aliphatic imine (C=N–C) groups is 1. The second-order valence-corrected chi connectivity index (χ2v) is 6.13. The first kappa shape index (κ1) is 17.8. The Morgan fingerprint density at radius 2 is 2.15 bits per heavy atom. The predicted molar refractivity (Wildman–Crippen MR) is 104 cm³/mol. The van der Waals surface area contributed by atoms with Gasteiger partial charge in [-0.05, 0) is 48.7 Å². The van der Waals surface area contributed by atoms with E-state index in [0.29, 0.717) is 31.0 Å². The van der Waals surface area contributed by atoms with Gasteiger partial charge in [0, 0.05) is 25.4 Å². The van der Waals surface area contributed by atoms with E-state index in [0.717, 1.165) is 16.7 Å². The lowest BCUT2D eigenvalue weighted by Crippen LogP contribution is -2.26. The summed E-state index contributed by atoms with van der Waals surface area (Å²) in [5.41, 5.74) is 4.88. The van der Waals surface area contributed by atoms with E-state index in [4.69, 9.17) is 4.74 Å². The highest BCUT2D eigenvalue weighted by molar-refractivity contribution is 5.94. The van der Waals surface area contributed by atoms with Gasteiger partial charge in [-0.2, -0.15) is 0 Å².